The average molecular weight is 350 g/mol. The highest BCUT2D eigenvalue weighted by Gasteiger charge is 2.52. The predicted molar refractivity (Wildman–Crippen MR) is 85.8 cm³/mol. The van der Waals surface area contributed by atoms with E-state index in [4.69, 9.17) is 0 Å². The Bertz CT molecular complexity index is 618. The van der Waals surface area contributed by atoms with Crippen molar-refractivity contribution in [1.82, 2.24) is 4.90 Å². The lowest BCUT2D eigenvalue weighted by molar-refractivity contribution is -0.133. The fraction of sp³-hybridized carbons (Fsp3) is 0.312. The van der Waals surface area contributed by atoms with Crippen molar-refractivity contribution < 1.29 is 4.79 Å². The topological polar surface area (TPSA) is 20.3 Å². The molecule has 1 saturated carbocycles. The number of halogens is 1. The Hall–Kier alpha value is -1.13. The fourth-order valence-corrected chi connectivity index (χ4v) is 3.85. The smallest absolute Gasteiger partial charge is 0.233 e. The normalized spacial score (nSPS) is 15.9. The van der Waals surface area contributed by atoms with Crippen LogP contribution in [0.25, 0.3) is 0 Å². The first-order valence-corrected chi connectivity index (χ1v) is 8.33. The lowest BCUT2D eigenvalue weighted by Gasteiger charge is -2.23. The van der Waals surface area contributed by atoms with Crippen LogP contribution in [0.5, 0.6) is 0 Å². The van der Waals surface area contributed by atoms with Gasteiger partial charge >= 0.3 is 0 Å². The lowest BCUT2D eigenvalue weighted by atomic mass is 9.94. The standard InChI is InChI=1S/C16H16BrNOS/c1-18(10-12-9-14(17)20-11-12)15(19)16(7-8-16)13-5-3-2-4-6-13/h2-6,9,11H,7-8,10H2,1H3. The van der Waals surface area contributed by atoms with E-state index in [0.29, 0.717) is 6.54 Å². The molecule has 1 aromatic carbocycles. The van der Waals surface area contributed by atoms with Gasteiger partial charge in [0.2, 0.25) is 5.91 Å². The largest absolute Gasteiger partial charge is 0.341 e. The van der Waals surface area contributed by atoms with Gasteiger partial charge in [0.05, 0.1) is 9.20 Å². The van der Waals surface area contributed by atoms with Crippen molar-refractivity contribution in [2.24, 2.45) is 0 Å². The van der Waals surface area contributed by atoms with Gasteiger partial charge in [-0.25, -0.2) is 0 Å². The predicted octanol–water partition coefficient (Wildman–Crippen LogP) is 4.20. The second-order valence-corrected chi connectivity index (χ2v) is 7.66. The van der Waals surface area contributed by atoms with Gasteiger partial charge in [-0.2, -0.15) is 0 Å². The van der Waals surface area contributed by atoms with Crippen molar-refractivity contribution in [3.63, 3.8) is 0 Å². The van der Waals surface area contributed by atoms with Gasteiger partial charge in [0.25, 0.3) is 0 Å². The van der Waals surface area contributed by atoms with Crippen molar-refractivity contribution in [2.75, 3.05) is 7.05 Å². The Morgan fingerprint density at radius 3 is 2.60 bits per heavy atom. The summed E-state index contributed by atoms with van der Waals surface area (Å²) in [5, 5.41) is 2.09. The minimum atomic E-state index is -0.261. The zero-order valence-electron chi connectivity index (χ0n) is 11.3. The van der Waals surface area contributed by atoms with Crippen LogP contribution in [0.2, 0.25) is 0 Å². The van der Waals surface area contributed by atoms with Crippen molar-refractivity contribution >= 4 is 33.2 Å². The fourth-order valence-electron chi connectivity index (χ4n) is 2.65. The Morgan fingerprint density at radius 1 is 1.35 bits per heavy atom. The Balaban J connectivity index is 1.75. The maximum Gasteiger partial charge on any atom is 0.233 e. The van der Waals surface area contributed by atoms with E-state index in [9.17, 15) is 4.79 Å². The monoisotopic (exact) mass is 349 g/mol. The molecular weight excluding hydrogens is 334 g/mol. The number of carbonyl (C=O) groups is 1. The number of amides is 1. The first kappa shape index (κ1) is 13.8. The summed E-state index contributed by atoms with van der Waals surface area (Å²) in [4.78, 5) is 14.6. The summed E-state index contributed by atoms with van der Waals surface area (Å²) >= 11 is 5.12. The number of likely N-dealkylation sites (N-methyl/N-ethyl adjacent to an activating group) is 1. The molecule has 2 aromatic rings. The minimum absolute atomic E-state index is 0.242. The van der Waals surface area contributed by atoms with Crippen molar-refractivity contribution in [1.29, 1.82) is 0 Å². The van der Waals surface area contributed by atoms with Crippen LogP contribution in [-0.2, 0) is 16.8 Å². The van der Waals surface area contributed by atoms with Crippen molar-refractivity contribution in [3.05, 3.63) is 56.7 Å². The van der Waals surface area contributed by atoms with Crippen LogP contribution in [0.1, 0.15) is 24.0 Å². The summed E-state index contributed by atoms with van der Waals surface area (Å²) in [7, 11) is 1.90. The number of carbonyl (C=O) groups excluding carboxylic acids is 1. The first-order chi connectivity index (χ1) is 9.62. The summed E-state index contributed by atoms with van der Waals surface area (Å²) in [5.74, 6) is 0.242. The number of hydrogen-bond donors (Lipinski definition) is 0. The van der Waals surface area contributed by atoms with Crippen molar-refractivity contribution in [3.8, 4) is 0 Å². The highest BCUT2D eigenvalue weighted by atomic mass is 79.9. The highest BCUT2D eigenvalue weighted by molar-refractivity contribution is 9.11. The number of rotatable bonds is 4. The first-order valence-electron chi connectivity index (χ1n) is 6.66. The molecule has 1 fully saturated rings. The van der Waals surface area contributed by atoms with Crippen LogP contribution in [0.15, 0.2) is 45.6 Å². The van der Waals surface area contributed by atoms with E-state index >= 15 is 0 Å². The third-order valence-corrected chi connectivity index (χ3v) is 5.43. The van der Waals surface area contributed by atoms with E-state index in [1.807, 2.05) is 30.1 Å². The number of benzene rings is 1. The molecule has 0 spiro atoms. The molecule has 0 saturated heterocycles. The quantitative estimate of drug-likeness (QED) is 0.809. The minimum Gasteiger partial charge on any atom is -0.341 e. The molecule has 1 aliphatic carbocycles. The highest BCUT2D eigenvalue weighted by Crippen LogP contribution is 2.49. The second-order valence-electron chi connectivity index (χ2n) is 5.37. The third-order valence-electron chi connectivity index (χ3n) is 3.87. The van der Waals surface area contributed by atoms with Gasteiger partial charge in [0.1, 0.15) is 0 Å². The molecule has 0 unspecified atom stereocenters. The molecule has 0 radical (unpaired) electrons. The van der Waals surface area contributed by atoms with E-state index in [1.54, 1.807) is 11.3 Å². The molecule has 0 atom stereocenters. The summed E-state index contributed by atoms with van der Waals surface area (Å²) in [6.07, 6.45) is 1.93. The van der Waals surface area contributed by atoms with E-state index in [2.05, 4.69) is 39.5 Å². The van der Waals surface area contributed by atoms with Crippen LogP contribution in [0.3, 0.4) is 0 Å². The third kappa shape index (κ3) is 2.54. The summed E-state index contributed by atoms with van der Waals surface area (Å²) < 4.78 is 1.11. The Kier molecular flexibility index (Phi) is 3.69. The summed E-state index contributed by atoms with van der Waals surface area (Å²) in [5.41, 5.74) is 2.08. The summed E-state index contributed by atoms with van der Waals surface area (Å²) in [6, 6.07) is 12.2. The molecule has 0 aliphatic heterocycles. The maximum atomic E-state index is 12.8. The lowest BCUT2D eigenvalue weighted by Crippen LogP contribution is -2.36. The average Bonchev–Trinajstić information content (AvgIpc) is 3.18. The zero-order valence-corrected chi connectivity index (χ0v) is 13.7. The second kappa shape index (κ2) is 5.34. The van der Waals surface area contributed by atoms with E-state index in [0.717, 1.165) is 22.2 Å². The Labute approximate surface area is 131 Å². The van der Waals surface area contributed by atoms with Crippen LogP contribution in [-0.4, -0.2) is 17.9 Å². The van der Waals surface area contributed by atoms with Gasteiger partial charge in [-0.1, -0.05) is 30.3 Å². The van der Waals surface area contributed by atoms with Gasteiger partial charge in [0, 0.05) is 13.6 Å². The molecule has 1 heterocycles. The number of thiophene rings is 1. The van der Waals surface area contributed by atoms with Gasteiger partial charge in [0.15, 0.2) is 0 Å². The van der Waals surface area contributed by atoms with E-state index < -0.39 is 0 Å². The zero-order chi connectivity index (χ0) is 14.2. The number of nitrogens with zero attached hydrogens (tertiary/aromatic N) is 1. The van der Waals surface area contributed by atoms with Gasteiger partial charge < -0.3 is 4.90 Å². The maximum absolute atomic E-state index is 12.8. The molecule has 0 bridgehead atoms. The molecule has 20 heavy (non-hydrogen) atoms. The molecule has 4 heteroatoms. The molecule has 2 nitrogen and oxygen atoms in total. The van der Waals surface area contributed by atoms with Crippen LogP contribution >= 0.6 is 27.3 Å². The van der Waals surface area contributed by atoms with Gasteiger partial charge in [-0.3, -0.25) is 4.79 Å². The Morgan fingerprint density at radius 2 is 2.05 bits per heavy atom. The van der Waals surface area contributed by atoms with Crippen LogP contribution < -0.4 is 0 Å². The van der Waals surface area contributed by atoms with Crippen LogP contribution in [0, 0.1) is 0 Å². The van der Waals surface area contributed by atoms with Crippen molar-refractivity contribution in [2.45, 2.75) is 24.8 Å². The van der Waals surface area contributed by atoms with Gasteiger partial charge in [-0.15, -0.1) is 11.3 Å². The SMILES string of the molecule is CN(Cc1csc(Br)c1)C(=O)C1(c2ccccc2)CC1. The molecule has 1 amide bonds. The molecule has 1 aromatic heterocycles. The molecule has 1 aliphatic rings. The molecule has 3 rings (SSSR count). The van der Waals surface area contributed by atoms with E-state index in [1.165, 1.54) is 5.56 Å². The number of hydrogen-bond acceptors (Lipinski definition) is 2. The molecule has 0 N–H and O–H groups in total. The molecule has 104 valence electrons. The van der Waals surface area contributed by atoms with Crippen LogP contribution in [0.4, 0.5) is 0 Å². The van der Waals surface area contributed by atoms with Gasteiger partial charge in [-0.05, 0) is 51.3 Å². The summed E-state index contributed by atoms with van der Waals surface area (Å²) in [6.45, 7) is 0.676. The molecular formula is C16H16BrNOS. The van der Waals surface area contributed by atoms with E-state index in [-0.39, 0.29) is 11.3 Å².